The van der Waals surface area contributed by atoms with Crippen LogP contribution >= 0.6 is 0 Å². The van der Waals surface area contributed by atoms with E-state index in [-0.39, 0.29) is 11.6 Å². The van der Waals surface area contributed by atoms with E-state index in [0.29, 0.717) is 19.4 Å². The first-order valence-corrected chi connectivity index (χ1v) is 8.50. The maximum atomic E-state index is 12.8. The van der Waals surface area contributed by atoms with E-state index < -0.39 is 23.1 Å². The summed E-state index contributed by atoms with van der Waals surface area (Å²) in [5.74, 6) is -0.761. The molecule has 4 nitrogen and oxygen atoms in total. The summed E-state index contributed by atoms with van der Waals surface area (Å²) in [6.45, 7) is 0.384. The zero-order valence-electron chi connectivity index (χ0n) is 14.7. The molecule has 7 heteroatoms. The minimum absolute atomic E-state index is 0.234. The van der Waals surface area contributed by atoms with Crippen molar-refractivity contribution in [2.75, 3.05) is 12.4 Å². The first-order valence-electron chi connectivity index (χ1n) is 8.50. The van der Waals surface area contributed by atoms with Crippen LogP contribution in [0.3, 0.4) is 0 Å². The molecule has 0 spiro atoms. The van der Waals surface area contributed by atoms with Crippen molar-refractivity contribution in [3.63, 3.8) is 0 Å². The van der Waals surface area contributed by atoms with Crippen molar-refractivity contribution in [1.82, 2.24) is 4.90 Å². The Balaban J connectivity index is 1.66. The second kappa shape index (κ2) is 7.06. The minimum Gasteiger partial charge on any atom is -0.340 e. The Morgan fingerprint density at radius 3 is 2.15 bits per heavy atom. The van der Waals surface area contributed by atoms with Gasteiger partial charge in [-0.25, -0.2) is 0 Å². The Hall–Kier alpha value is -2.83. The van der Waals surface area contributed by atoms with Crippen molar-refractivity contribution in [1.29, 1.82) is 0 Å². The second-order valence-corrected chi connectivity index (χ2v) is 6.76. The molecule has 0 atom stereocenters. The van der Waals surface area contributed by atoms with Gasteiger partial charge in [0.05, 0.1) is 5.56 Å². The molecule has 0 bridgehead atoms. The highest BCUT2D eigenvalue weighted by Gasteiger charge is 2.57. The van der Waals surface area contributed by atoms with Crippen molar-refractivity contribution in [2.24, 2.45) is 5.41 Å². The van der Waals surface area contributed by atoms with E-state index in [9.17, 15) is 22.8 Å². The number of nitrogens with one attached hydrogen (secondary N) is 1. The van der Waals surface area contributed by atoms with Gasteiger partial charge in [0.1, 0.15) is 5.41 Å². The molecule has 0 radical (unpaired) electrons. The quantitative estimate of drug-likeness (QED) is 0.800. The lowest BCUT2D eigenvalue weighted by atomic mass is 10.0. The Morgan fingerprint density at radius 2 is 1.63 bits per heavy atom. The first kappa shape index (κ1) is 18.9. The van der Waals surface area contributed by atoms with Crippen LogP contribution in [-0.2, 0) is 22.3 Å². The highest BCUT2D eigenvalue weighted by molar-refractivity contribution is 6.12. The van der Waals surface area contributed by atoms with Gasteiger partial charge >= 0.3 is 6.18 Å². The highest BCUT2D eigenvalue weighted by Crippen LogP contribution is 2.48. The summed E-state index contributed by atoms with van der Waals surface area (Å²) in [5.41, 5.74) is -0.739. The Bertz CT molecular complexity index is 829. The number of carbonyl (C=O) groups is 2. The molecule has 2 aromatic rings. The lowest BCUT2D eigenvalue weighted by Gasteiger charge is -2.23. The fraction of sp³-hybridized carbons (Fsp3) is 0.300. The maximum absolute atomic E-state index is 12.8. The predicted octanol–water partition coefficient (Wildman–Crippen LogP) is 4.08. The molecule has 1 fully saturated rings. The summed E-state index contributed by atoms with van der Waals surface area (Å²) in [7, 11) is 1.64. The lowest BCUT2D eigenvalue weighted by molar-refractivity contribution is -0.141. The summed E-state index contributed by atoms with van der Waals surface area (Å²) in [6.07, 6.45) is -3.58. The second-order valence-electron chi connectivity index (χ2n) is 6.76. The van der Waals surface area contributed by atoms with E-state index >= 15 is 0 Å². The molecule has 1 aliphatic carbocycles. The van der Waals surface area contributed by atoms with Gasteiger partial charge in [-0.3, -0.25) is 9.59 Å². The third-order valence-corrected chi connectivity index (χ3v) is 4.67. The van der Waals surface area contributed by atoms with E-state index in [4.69, 9.17) is 0 Å². The van der Waals surface area contributed by atoms with E-state index in [1.165, 1.54) is 17.0 Å². The number of benzene rings is 2. The summed E-state index contributed by atoms with van der Waals surface area (Å²) in [4.78, 5) is 26.9. The molecule has 2 amide bonds. The van der Waals surface area contributed by atoms with Gasteiger partial charge in [-0.15, -0.1) is 0 Å². The molecule has 1 N–H and O–H groups in total. The average Bonchev–Trinajstić information content (AvgIpc) is 3.43. The van der Waals surface area contributed by atoms with E-state index in [1.807, 2.05) is 30.3 Å². The minimum atomic E-state index is -4.43. The monoisotopic (exact) mass is 376 g/mol. The zero-order valence-corrected chi connectivity index (χ0v) is 14.7. The number of nitrogens with zero attached hydrogens (tertiary/aromatic N) is 1. The van der Waals surface area contributed by atoms with Crippen LogP contribution in [0.4, 0.5) is 18.9 Å². The average molecular weight is 376 g/mol. The van der Waals surface area contributed by atoms with Crippen molar-refractivity contribution in [2.45, 2.75) is 25.6 Å². The van der Waals surface area contributed by atoms with Gasteiger partial charge in [0.15, 0.2) is 0 Å². The molecule has 1 saturated carbocycles. The molecule has 142 valence electrons. The van der Waals surface area contributed by atoms with Gasteiger partial charge in [0.25, 0.3) is 0 Å². The maximum Gasteiger partial charge on any atom is 0.416 e. The van der Waals surface area contributed by atoms with E-state index in [0.717, 1.165) is 17.7 Å². The number of hydrogen-bond donors (Lipinski definition) is 1. The van der Waals surface area contributed by atoms with Crippen molar-refractivity contribution in [3.05, 3.63) is 65.7 Å². The van der Waals surface area contributed by atoms with Gasteiger partial charge in [-0.1, -0.05) is 30.3 Å². The highest BCUT2D eigenvalue weighted by atomic mass is 19.4. The number of carbonyl (C=O) groups excluding carboxylic acids is 2. The van der Waals surface area contributed by atoms with Gasteiger partial charge in [0, 0.05) is 19.3 Å². The lowest BCUT2D eigenvalue weighted by Crippen LogP contribution is -2.40. The van der Waals surface area contributed by atoms with Crippen LogP contribution in [0.2, 0.25) is 0 Å². The topological polar surface area (TPSA) is 49.4 Å². The number of alkyl halides is 3. The van der Waals surface area contributed by atoms with Gasteiger partial charge < -0.3 is 10.2 Å². The van der Waals surface area contributed by atoms with Crippen LogP contribution in [0, 0.1) is 5.41 Å². The van der Waals surface area contributed by atoms with Crippen LogP contribution in [-0.4, -0.2) is 23.8 Å². The van der Waals surface area contributed by atoms with Crippen molar-refractivity contribution >= 4 is 17.5 Å². The summed E-state index contributed by atoms with van der Waals surface area (Å²) in [6, 6.07) is 13.6. The molecular weight excluding hydrogens is 357 g/mol. The van der Waals surface area contributed by atoms with Crippen LogP contribution in [0.15, 0.2) is 54.6 Å². The normalized spacial score (nSPS) is 15.1. The molecule has 1 aliphatic rings. The third-order valence-electron chi connectivity index (χ3n) is 4.67. The molecule has 0 unspecified atom stereocenters. The van der Waals surface area contributed by atoms with Crippen LogP contribution in [0.1, 0.15) is 24.0 Å². The molecule has 0 aliphatic heterocycles. The smallest absolute Gasteiger partial charge is 0.340 e. The molecule has 2 aromatic carbocycles. The number of halogens is 3. The summed E-state index contributed by atoms with van der Waals surface area (Å²) >= 11 is 0. The zero-order chi connectivity index (χ0) is 19.7. The standard InChI is InChI=1S/C20H19F3N2O2/c1-25(13-14-5-3-2-4-6-14)18(27)19(11-12-19)17(26)24-16-9-7-15(8-10-16)20(21,22)23/h2-10H,11-13H2,1H3,(H,24,26). The van der Waals surface area contributed by atoms with E-state index in [1.54, 1.807) is 7.05 Å². The molecule has 0 saturated heterocycles. The first-order chi connectivity index (χ1) is 12.7. The Kier molecular flexibility index (Phi) is 4.95. The fourth-order valence-electron chi connectivity index (χ4n) is 2.95. The predicted molar refractivity (Wildman–Crippen MR) is 94.7 cm³/mol. The van der Waals surface area contributed by atoms with Crippen molar-refractivity contribution in [3.8, 4) is 0 Å². The largest absolute Gasteiger partial charge is 0.416 e. The number of hydrogen-bond acceptors (Lipinski definition) is 2. The van der Waals surface area contributed by atoms with Crippen LogP contribution < -0.4 is 5.32 Å². The van der Waals surface area contributed by atoms with Crippen molar-refractivity contribution < 1.29 is 22.8 Å². The third kappa shape index (κ3) is 4.13. The van der Waals surface area contributed by atoms with Gasteiger partial charge in [-0.05, 0) is 42.7 Å². The fourth-order valence-corrected chi connectivity index (χ4v) is 2.95. The van der Waals surface area contributed by atoms with Crippen LogP contribution in [0.25, 0.3) is 0 Å². The Labute approximate surface area is 155 Å². The van der Waals surface area contributed by atoms with Gasteiger partial charge in [0.2, 0.25) is 11.8 Å². The molecular formula is C20H19F3N2O2. The van der Waals surface area contributed by atoms with Crippen LogP contribution in [0.5, 0.6) is 0 Å². The summed E-state index contributed by atoms with van der Waals surface area (Å²) < 4.78 is 37.9. The number of amides is 2. The number of anilines is 1. The van der Waals surface area contributed by atoms with Gasteiger partial charge in [-0.2, -0.15) is 13.2 Å². The number of rotatable bonds is 5. The summed E-state index contributed by atoms with van der Waals surface area (Å²) in [5, 5.41) is 2.57. The molecule has 0 aromatic heterocycles. The molecule has 27 heavy (non-hydrogen) atoms. The molecule has 3 rings (SSSR count). The Morgan fingerprint density at radius 1 is 1.04 bits per heavy atom. The SMILES string of the molecule is CN(Cc1ccccc1)C(=O)C1(C(=O)Nc2ccc(C(F)(F)F)cc2)CC1. The molecule has 0 heterocycles. The van der Waals surface area contributed by atoms with E-state index in [2.05, 4.69) is 5.32 Å².